The predicted molar refractivity (Wildman–Crippen MR) is 82.5 cm³/mol. The van der Waals surface area contributed by atoms with Crippen LogP contribution in [0.25, 0.3) is 6.08 Å². The monoisotopic (exact) mass is 307 g/mol. The minimum Gasteiger partial charge on any atom is -0.478 e. The molecular weight excluding hydrogens is 290 g/mol. The Kier molecular flexibility index (Phi) is 4.37. The van der Waals surface area contributed by atoms with E-state index in [1.807, 2.05) is 4.90 Å². The van der Waals surface area contributed by atoms with Gasteiger partial charge in [-0.05, 0) is 50.5 Å². The minimum atomic E-state index is -1.04. The molecule has 0 spiro atoms. The van der Waals surface area contributed by atoms with Gasteiger partial charge in [-0.3, -0.25) is 4.79 Å². The standard InChI is InChI=1S/C16H18ClNO3/c1-16(2)8-3-9-18(16)15(21)12-5-4-11(13(17)10-12)6-7-14(19)20/h4-7,10H,3,8-9H2,1-2H3,(H,19,20)/b7-6+. The van der Waals surface area contributed by atoms with E-state index in [0.29, 0.717) is 16.1 Å². The molecule has 0 saturated carbocycles. The molecule has 1 N–H and O–H groups in total. The number of carboxylic acids is 1. The lowest BCUT2D eigenvalue weighted by molar-refractivity contribution is -0.131. The Morgan fingerprint density at radius 2 is 2.10 bits per heavy atom. The van der Waals surface area contributed by atoms with Crippen molar-refractivity contribution in [2.75, 3.05) is 6.54 Å². The molecule has 0 radical (unpaired) electrons. The molecule has 1 amide bonds. The number of benzene rings is 1. The summed E-state index contributed by atoms with van der Waals surface area (Å²) in [4.78, 5) is 24.9. The molecule has 1 saturated heterocycles. The first kappa shape index (κ1) is 15.6. The van der Waals surface area contributed by atoms with Crippen LogP contribution in [0.4, 0.5) is 0 Å². The number of nitrogens with zero attached hydrogens (tertiary/aromatic N) is 1. The van der Waals surface area contributed by atoms with Crippen molar-refractivity contribution in [3.05, 3.63) is 40.4 Å². The van der Waals surface area contributed by atoms with E-state index in [1.165, 1.54) is 6.08 Å². The lowest BCUT2D eigenvalue weighted by Gasteiger charge is -2.31. The Balaban J connectivity index is 2.24. The summed E-state index contributed by atoms with van der Waals surface area (Å²) in [5, 5.41) is 8.99. The van der Waals surface area contributed by atoms with Crippen molar-refractivity contribution in [2.24, 2.45) is 0 Å². The van der Waals surface area contributed by atoms with Crippen LogP contribution >= 0.6 is 11.6 Å². The van der Waals surface area contributed by atoms with Crippen molar-refractivity contribution >= 4 is 29.6 Å². The van der Waals surface area contributed by atoms with Crippen LogP contribution in [0.15, 0.2) is 24.3 Å². The van der Waals surface area contributed by atoms with Crippen LogP contribution in [0.5, 0.6) is 0 Å². The first-order valence-corrected chi connectivity index (χ1v) is 7.21. The largest absolute Gasteiger partial charge is 0.478 e. The predicted octanol–water partition coefficient (Wildman–Crippen LogP) is 3.45. The highest BCUT2D eigenvalue weighted by Gasteiger charge is 2.35. The van der Waals surface area contributed by atoms with Crippen molar-refractivity contribution in [2.45, 2.75) is 32.2 Å². The molecule has 2 rings (SSSR count). The Bertz CT molecular complexity index is 608. The van der Waals surface area contributed by atoms with Crippen molar-refractivity contribution < 1.29 is 14.7 Å². The van der Waals surface area contributed by atoms with Gasteiger partial charge in [-0.2, -0.15) is 0 Å². The number of hydrogen-bond donors (Lipinski definition) is 1. The van der Waals surface area contributed by atoms with Crippen molar-refractivity contribution in [3.8, 4) is 0 Å². The summed E-state index contributed by atoms with van der Waals surface area (Å²) in [5.74, 6) is -1.07. The third-order valence-corrected chi connectivity index (χ3v) is 4.13. The number of carbonyl (C=O) groups excluding carboxylic acids is 1. The molecule has 112 valence electrons. The summed E-state index contributed by atoms with van der Waals surface area (Å²) in [6.45, 7) is 4.87. The molecule has 1 heterocycles. The number of halogens is 1. The molecule has 1 aliphatic heterocycles. The van der Waals surface area contributed by atoms with Crippen LogP contribution in [0.1, 0.15) is 42.6 Å². The van der Waals surface area contributed by atoms with Crippen LogP contribution in [0.3, 0.4) is 0 Å². The Labute approximate surface area is 129 Å². The lowest BCUT2D eigenvalue weighted by Crippen LogP contribution is -2.42. The molecule has 1 aromatic carbocycles. The Hall–Kier alpha value is -1.81. The second-order valence-electron chi connectivity index (χ2n) is 5.78. The fourth-order valence-electron chi connectivity index (χ4n) is 2.60. The van der Waals surface area contributed by atoms with Gasteiger partial charge in [0.15, 0.2) is 0 Å². The van der Waals surface area contributed by atoms with E-state index < -0.39 is 5.97 Å². The molecule has 0 bridgehead atoms. The van der Waals surface area contributed by atoms with Gasteiger partial charge < -0.3 is 10.0 Å². The maximum Gasteiger partial charge on any atom is 0.328 e. The van der Waals surface area contributed by atoms with E-state index in [2.05, 4.69) is 13.8 Å². The Morgan fingerprint density at radius 1 is 1.38 bits per heavy atom. The zero-order valence-electron chi connectivity index (χ0n) is 12.1. The molecule has 1 aliphatic rings. The molecule has 1 fully saturated rings. The maximum absolute atomic E-state index is 12.5. The van der Waals surface area contributed by atoms with Gasteiger partial charge in [0, 0.05) is 28.7 Å². The summed E-state index contributed by atoms with van der Waals surface area (Å²) < 4.78 is 0. The molecule has 5 heteroatoms. The third-order valence-electron chi connectivity index (χ3n) is 3.80. The van der Waals surface area contributed by atoms with E-state index in [-0.39, 0.29) is 11.4 Å². The highest BCUT2D eigenvalue weighted by Crippen LogP contribution is 2.30. The van der Waals surface area contributed by atoms with Crippen molar-refractivity contribution in [1.29, 1.82) is 0 Å². The average Bonchev–Trinajstić information content (AvgIpc) is 2.75. The van der Waals surface area contributed by atoms with E-state index in [0.717, 1.165) is 25.5 Å². The zero-order valence-corrected chi connectivity index (χ0v) is 12.9. The number of likely N-dealkylation sites (tertiary alicyclic amines) is 1. The second-order valence-corrected chi connectivity index (χ2v) is 6.19. The lowest BCUT2D eigenvalue weighted by atomic mass is 10.0. The number of carbonyl (C=O) groups is 2. The smallest absolute Gasteiger partial charge is 0.328 e. The SMILES string of the molecule is CC1(C)CCCN1C(=O)c1ccc(/C=C/C(=O)O)c(Cl)c1. The number of rotatable bonds is 3. The number of aliphatic carboxylic acids is 1. The molecule has 4 nitrogen and oxygen atoms in total. The van der Waals surface area contributed by atoms with Gasteiger partial charge >= 0.3 is 5.97 Å². The number of amides is 1. The fourth-order valence-corrected chi connectivity index (χ4v) is 2.84. The quantitative estimate of drug-likeness (QED) is 0.870. The minimum absolute atomic E-state index is 0.0341. The van der Waals surface area contributed by atoms with Gasteiger partial charge in [0.05, 0.1) is 0 Å². The summed E-state index contributed by atoms with van der Waals surface area (Å²) in [5.41, 5.74) is 0.976. The fraction of sp³-hybridized carbons (Fsp3) is 0.375. The van der Waals surface area contributed by atoms with Gasteiger partial charge in [0.25, 0.3) is 5.91 Å². The van der Waals surface area contributed by atoms with Crippen molar-refractivity contribution in [1.82, 2.24) is 4.90 Å². The van der Waals surface area contributed by atoms with Crippen LogP contribution < -0.4 is 0 Å². The normalized spacial score (nSPS) is 17.4. The number of carboxylic acid groups (broad SMARTS) is 1. The first-order chi connectivity index (χ1) is 9.81. The van der Waals surface area contributed by atoms with Crippen LogP contribution in [-0.4, -0.2) is 34.0 Å². The average molecular weight is 308 g/mol. The van der Waals surface area contributed by atoms with E-state index in [9.17, 15) is 9.59 Å². The molecule has 0 aromatic heterocycles. The maximum atomic E-state index is 12.5. The summed E-state index contributed by atoms with van der Waals surface area (Å²) in [6.07, 6.45) is 4.43. The highest BCUT2D eigenvalue weighted by molar-refractivity contribution is 6.32. The topological polar surface area (TPSA) is 57.6 Å². The zero-order chi connectivity index (χ0) is 15.6. The molecule has 1 aromatic rings. The Morgan fingerprint density at radius 3 is 2.62 bits per heavy atom. The van der Waals surface area contributed by atoms with Gasteiger partial charge in [-0.15, -0.1) is 0 Å². The van der Waals surface area contributed by atoms with E-state index in [4.69, 9.17) is 16.7 Å². The van der Waals surface area contributed by atoms with E-state index in [1.54, 1.807) is 18.2 Å². The van der Waals surface area contributed by atoms with Gasteiger partial charge in [-0.1, -0.05) is 17.7 Å². The molecule has 0 unspecified atom stereocenters. The van der Waals surface area contributed by atoms with Crippen LogP contribution in [0, 0.1) is 0 Å². The second kappa shape index (κ2) is 5.90. The van der Waals surface area contributed by atoms with Gasteiger partial charge in [0.1, 0.15) is 0 Å². The molecule has 21 heavy (non-hydrogen) atoms. The third kappa shape index (κ3) is 3.45. The molecule has 0 aliphatic carbocycles. The van der Waals surface area contributed by atoms with Crippen molar-refractivity contribution in [3.63, 3.8) is 0 Å². The molecule has 0 atom stereocenters. The number of hydrogen-bond acceptors (Lipinski definition) is 2. The van der Waals surface area contributed by atoms with Crippen LogP contribution in [0.2, 0.25) is 5.02 Å². The summed E-state index contributed by atoms with van der Waals surface area (Å²) >= 11 is 6.12. The van der Waals surface area contributed by atoms with E-state index >= 15 is 0 Å². The van der Waals surface area contributed by atoms with Crippen LogP contribution in [-0.2, 0) is 4.79 Å². The first-order valence-electron chi connectivity index (χ1n) is 6.84. The van der Waals surface area contributed by atoms with Gasteiger partial charge in [-0.25, -0.2) is 4.79 Å². The summed E-state index contributed by atoms with van der Waals surface area (Å²) in [6, 6.07) is 4.95. The summed E-state index contributed by atoms with van der Waals surface area (Å²) in [7, 11) is 0. The van der Waals surface area contributed by atoms with Gasteiger partial charge in [0.2, 0.25) is 0 Å². The molecular formula is C16H18ClNO3. The highest BCUT2D eigenvalue weighted by atomic mass is 35.5.